The zero-order valence-electron chi connectivity index (χ0n) is 11.0. The number of benzene rings is 2. The zero-order chi connectivity index (χ0) is 13.7. The summed E-state index contributed by atoms with van der Waals surface area (Å²) in [6, 6.07) is 16.2. The number of para-hydroxylation sites is 1. The van der Waals surface area contributed by atoms with Gasteiger partial charge in [0.1, 0.15) is 11.5 Å². The first-order valence-electron chi connectivity index (χ1n) is 6.20. The van der Waals surface area contributed by atoms with Gasteiger partial charge in [-0.3, -0.25) is 0 Å². The van der Waals surface area contributed by atoms with Gasteiger partial charge in [0.25, 0.3) is 0 Å². The molecule has 2 rings (SSSR count). The smallest absolute Gasteiger partial charge is 0.395 e. The maximum absolute atomic E-state index is 11.6. The predicted octanol–water partition coefficient (Wildman–Crippen LogP) is 4.39. The molecule has 0 radical (unpaired) electrons. The third-order valence-corrected chi connectivity index (χ3v) is 2.69. The van der Waals surface area contributed by atoms with E-state index in [0.717, 1.165) is 0 Å². The lowest BCUT2D eigenvalue weighted by molar-refractivity contribution is 0.152. The van der Waals surface area contributed by atoms with Crippen LogP contribution in [0.15, 0.2) is 54.6 Å². The van der Waals surface area contributed by atoms with Gasteiger partial charge in [0.15, 0.2) is 0 Å². The molecule has 0 spiro atoms. The van der Waals surface area contributed by atoms with Crippen molar-refractivity contribution in [3.8, 4) is 11.5 Å². The molecule has 0 aliphatic rings. The van der Waals surface area contributed by atoms with Gasteiger partial charge in [-0.2, -0.15) is 0 Å². The van der Waals surface area contributed by atoms with Gasteiger partial charge in [0, 0.05) is 0 Å². The molecule has 2 aromatic rings. The molecule has 0 aromatic heterocycles. The molecule has 0 saturated heterocycles. The zero-order valence-corrected chi connectivity index (χ0v) is 11.0. The largest absolute Gasteiger partial charge is 0.519 e. The highest BCUT2D eigenvalue weighted by Gasteiger charge is 2.07. The van der Waals surface area contributed by atoms with Gasteiger partial charge in [-0.1, -0.05) is 44.2 Å². The first-order valence-corrected chi connectivity index (χ1v) is 6.20. The minimum atomic E-state index is -0.733. The van der Waals surface area contributed by atoms with Gasteiger partial charge < -0.3 is 9.47 Å². The van der Waals surface area contributed by atoms with Gasteiger partial charge >= 0.3 is 6.16 Å². The van der Waals surface area contributed by atoms with E-state index in [4.69, 9.17) is 9.47 Å². The standard InChI is InChI=1S/C16H16O3/c1-12(2)13-8-10-15(11-9-13)19-16(17)18-14-6-4-3-5-7-14/h3-12H,1-2H3. The highest BCUT2D eigenvalue weighted by Crippen LogP contribution is 2.19. The van der Waals surface area contributed by atoms with Gasteiger partial charge in [0.05, 0.1) is 0 Å². The average Bonchev–Trinajstić information content (AvgIpc) is 2.40. The van der Waals surface area contributed by atoms with Crippen molar-refractivity contribution in [2.24, 2.45) is 0 Å². The maximum Gasteiger partial charge on any atom is 0.519 e. The van der Waals surface area contributed by atoms with Crippen LogP contribution in [0.4, 0.5) is 4.79 Å². The molecule has 0 unspecified atom stereocenters. The van der Waals surface area contributed by atoms with Crippen molar-refractivity contribution in [1.29, 1.82) is 0 Å². The Morgan fingerprint density at radius 3 is 1.89 bits per heavy atom. The number of hydrogen-bond acceptors (Lipinski definition) is 3. The van der Waals surface area contributed by atoms with Crippen molar-refractivity contribution < 1.29 is 14.3 Å². The second-order valence-electron chi connectivity index (χ2n) is 4.49. The third-order valence-electron chi connectivity index (χ3n) is 2.69. The van der Waals surface area contributed by atoms with Crippen LogP contribution < -0.4 is 9.47 Å². The number of ether oxygens (including phenoxy) is 2. The Balaban J connectivity index is 1.95. The SMILES string of the molecule is CC(C)c1ccc(OC(=O)Oc2ccccc2)cc1. The topological polar surface area (TPSA) is 35.5 Å². The van der Waals surface area contributed by atoms with E-state index in [1.807, 2.05) is 18.2 Å². The van der Waals surface area contributed by atoms with E-state index in [1.165, 1.54) is 5.56 Å². The summed E-state index contributed by atoms with van der Waals surface area (Å²) in [5, 5.41) is 0. The molecule has 0 aliphatic carbocycles. The lowest BCUT2D eigenvalue weighted by Gasteiger charge is -2.07. The molecule has 0 bridgehead atoms. The van der Waals surface area contributed by atoms with Gasteiger partial charge in [-0.25, -0.2) is 4.79 Å². The van der Waals surface area contributed by atoms with Crippen LogP contribution in [-0.4, -0.2) is 6.16 Å². The molecule has 0 saturated carbocycles. The van der Waals surface area contributed by atoms with E-state index >= 15 is 0 Å². The van der Waals surface area contributed by atoms with Gasteiger partial charge in [-0.15, -0.1) is 0 Å². The molecule has 2 aromatic carbocycles. The molecule has 0 aliphatic heterocycles. The Morgan fingerprint density at radius 1 is 0.842 bits per heavy atom. The van der Waals surface area contributed by atoms with Crippen LogP contribution in [0.25, 0.3) is 0 Å². The summed E-state index contributed by atoms with van der Waals surface area (Å²) >= 11 is 0. The highest BCUT2D eigenvalue weighted by atomic mass is 16.7. The molecule has 0 fully saturated rings. The van der Waals surface area contributed by atoms with Crippen molar-refractivity contribution in [2.45, 2.75) is 19.8 Å². The van der Waals surface area contributed by atoms with Crippen molar-refractivity contribution in [3.63, 3.8) is 0 Å². The molecule has 3 heteroatoms. The van der Waals surface area contributed by atoms with Crippen LogP contribution in [0.3, 0.4) is 0 Å². The van der Waals surface area contributed by atoms with E-state index in [2.05, 4.69) is 13.8 Å². The van der Waals surface area contributed by atoms with Crippen LogP contribution >= 0.6 is 0 Å². The van der Waals surface area contributed by atoms with Crippen LogP contribution in [0.5, 0.6) is 11.5 Å². The van der Waals surface area contributed by atoms with Crippen molar-refractivity contribution in [3.05, 3.63) is 60.2 Å². The number of carbonyl (C=O) groups is 1. The fourth-order valence-corrected chi connectivity index (χ4v) is 1.62. The van der Waals surface area contributed by atoms with E-state index in [9.17, 15) is 4.79 Å². The minimum absolute atomic E-state index is 0.449. The summed E-state index contributed by atoms with van der Waals surface area (Å²) in [5.74, 6) is 1.39. The summed E-state index contributed by atoms with van der Waals surface area (Å²) in [6.45, 7) is 4.22. The second kappa shape index (κ2) is 6.05. The van der Waals surface area contributed by atoms with E-state index in [0.29, 0.717) is 17.4 Å². The Hall–Kier alpha value is -2.29. The predicted molar refractivity (Wildman–Crippen MR) is 73.6 cm³/mol. The monoisotopic (exact) mass is 256 g/mol. The molecular weight excluding hydrogens is 240 g/mol. The molecule has 3 nitrogen and oxygen atoms in total. The Labute approximate surface area is 112 Å². The third kappa shape index (κ3) is 3.85. The Morgan fingerprint density at radius 2 is 1.37 bits per heavy atom. The summed E-state index contributed by atoms with van der Waals surface area (Å²) in [5.41, 5.74) is 1.20. The van der Waals surface area contributed by atoms with Crippen molar-refractivity contribution in [2.75, 3.05) is 0 Å². The normalized spacial score (nSPS) is 10.3. The highest BCUT2D eigenvalue weighted by molar-refractivity contribution is 5.67. The van der Waals surface area contributed by atoms with E-state index in [1.54, 1.807) is 36.4 Å². The minimum Gasteiger partial charge on any atom is -0.395 e. The average molecular weight is 256 g/mol. The molecule has 0 heterocycles. The molecule has 98 valence electrons. The molecule has 0 N–H and O–H groups in total. The van der Waals surface area contributed by atoms with Crippen LogP contribution in [-0.2, 0) is 0 Å². The van der Waals surface area contributed by atoms with Crippen molar-refractivity contribution >= 4 is 6.16 Å². The lowest BCUT2D eigenvalue weighted by Crippen LogP contribution is -2.13. The number of carbonyl (C=O) groups excluding carboxylic acids is 1. The maximum atomic E-state index is 11.6. The van der Waals surface area contributed by atoms with Gasteiger partial charge in [0.2, 0.25) is 0 Å². The molecule has 0 atom stereocenters. The summed E-state index contributed by atoms with van der Waals surface area (Å²) in [4.78, 5) is 11.6. The van der Waals surface area contributed by atoms with Crippen molar-refractivity contribution in [1.82, 2.24) is 0 Å². The molecular formula is C16H16O3. The summed E-state index contributed by atoms with van der Waals surface area (Å²) in [6.07, 6.45) is -0.733. The van der Waals surface area contributed by atoms with Crippen LogP contribution in [0, 0.1) is 0 Å². The summed E-state index contributed by atoms with van der Waals surface area (Å²) in [7, 11) is 0. The van der Waals surface area contributed by atoms with E-state index < -0.39 is 6.16 Å². The number of rotatable bonds is 3. The molecule has 19 heavy (non-hydrogen) atoms. The number of hydrogen-bond donors (Lipinski definition) is 0. The lowest BCUT2D eigenvalue weighted by atomic mass is 10.0. The Kier molecular flexibility index (Phi) is 4.18. The fraction of sp³-hybridized carbons (Fsp3) is 0.188. The van der Waals surface area contributed by atoms with Gasteiger partial charge in [-0.05, 0) is 35.7 Å². The first-order chi connectivity index (χ1) is 9.15. The van der Waals surface area contributed by atoms with Crippen LogP contribution in [0.2, 0.25) is 0 Å². The first kappa shape index (κ1) is 13.1. The molecule has 0 amide bonds. The summed E-state index contributed by atoms with van der Waals surface area (Å²) < 4.78 is 10.1. The fourth-order valence-electron chi connectivity index (χ4n) is 1.62. The quantitative estimate of drug-likeness (QED) is 0.603. The second-order valence-corrected chi connectivity index (χ2v) is 4.49. The Bertz CT molecular complexity index is 530. The van der Waals surface area contributed by atoms with Crippen LogP contribution in [0.1, 0.15) is 25.3 Å². The van der Waals surface area contributed by atoms with E-state index in [-0.39, 0.29) is 0 Å².